The fourth-order valence-electron chi connectivity index (χ4n) is 1.46. The zero-order chi connectivity index (χ0) is 13.3. The van der Waals surface area contributed by atoms with Crippen LogP contribution in [0.25, 0.3) is 0 Å². The molecule has 2 aromatic rings. The van der Waals surface area contributed by atoms with Gasteiger partial charge >= 0.3 is 0 Å². The van der Waals surface area contributed by atoms with Crippen LogP contribution in [0.1, 0.15) is 11.1 Å². The van der Waals surface area contributed by atoms with E-state index in [-0.39, 0.29) is 0 Å². The Labute approximate surface area is 115 Å². The summed E-state index contributed by atoms with van der Waals surface area (Å²) in [5.74, 6) is 1.05. The van der Waals surface area contributed by atoms with Crippen molar-refractivity contribution >= 4 is 40.5 Å². The molecule has 0 aliphatic carbocycles. The van der Waals surface area contributed by atoms with Gasteiger partial charge in [-0.1, -0.05) is 23.2 Å². The Balaban J connectivity index is 2.40. The quantitative estimate of drug-likeness (QED) is 0.881. The van der Waals surface area contributed by atoms with Gasteiger partial charge < -0.3 is 11.1 Å². The number of nitrogens with zero attached hydrogens (tertiary/aromatic N) is 2. The van der Waals surface area contributed by atoms with Crippen LogP contribution in [0, 0.1) is 13.8 Å². The average molecular weight is 283 g/mol. The summed E-state index contributed by atoms with van der Waals surface area (Å²) in [5, 5.41) is 4.32. The Hall–Kier alpha value is -1.52. The summed E-state index contributed by atoms with van der Waals surface area (Å²) in [6.45, 7) is 3.73. The molecule has 94 valence electrons. The highest BCUT2D eigenvalue weighted by molar-refractivity contribution is 6.35. The molecule has 1 heterocycles. The molecule has 4 nitrogen and oxygen atoms in total. The van der Waals surface area contributed by atoms with Gasteiger partial charge in [0, 0.05) is 10.6 Å². The highest BCUT2D eigenvalue weighted by atomic mass is 35.5. The summed E-state index contributed by atoms with van der Waals surface area (Å²) >= 11 is 12.2. The first-order valence-electron chi connectivity index (χ1n) is 5.28. The number of anilines is 3. The van der Waals surface area contributed by atoms with Crippen molar-refractivity contribution in [3.63, 3.8) is 0 Å². The first kappa shape index (κ1) is 12.9. The van der Waals surface area contributed by atoms with Gasteiger partial charge in [-0.15, -0.1) is 0 Å². The fraction of sp³-hybridized carbons (Fsp3) is 0.167. The van der Waals surface area contributed by atoms with Gasteiger partial charge in [-0.3, -0.25) is 0 Å². The van der Waals surface area contributed by atoms with Crippen LogP contribution < -0.4 is 11.1 Å². The van der Waals surface area contributed by atoms with E-state index in [1.165, 1.54) is 6.33 Å². The van der Waals surface area contributed by atoms with Crippen LogP contribution in [0.2, 0.25) is 10.0 Å². The number of nitrogen functional groups attached to an aromatic ring is 1. The molecule has 0 aliphatic rings. The van der Waals surface area contributed by atoms with Crippen molar-refractivity contribution in [3.8, 4) is 0 Å². The third kappa shape index (κ3) is 2.49. The molecule has 0 radical (unpaired) electrons. The second-order valence-electron chi connectivity index (χ2n) is 3.94. The van der Waals surface area contributed by atoms with Crippen LogP contribution in [0.4, 0.5) is 17.3 Å². The van der Waals surface area contributed by atoms with Gasteiger partial charge in [0.1, 0.15) is 18.0 Å². The third-order valence-electron chi connectivity index (χ3n) is 2.62. The highest BCUT2D eigenvalue weighted by Crippen LogP contribution is 2.31. The van der Waals surface area contributed by atoms with Gasteiger partial charge in [-0.2, -0.15) is 0 Å². The minimum atomic E-state index is 0.432. The molecule has 1 aromatic heterocycles. The molecule has 0 amide bonds. The molecule has 0 spiro atoms. The maximum absolute atomic E-state index is 6.15. The normalized spacial score (nSPS) is 10.4. The van der Waals surface area contributed by atoms with E-state index >= 15 is 0 Å². The van der Waals surface area contributed by atoms with E-state index in [4.69, 9.17) is 28.9 Å². The average Bonchev–Trinajstić information content (AvgIpc) is 2.32. The number of hydrogen-bond acceptors (Lipinski definition) is 4. The van der Waals surface area contributed by atoms with Gasteiger partial charge in [-0.05, 0) is 31.5 Å². The first-order valence-corrected chi connectivity index (χ1v) is 6.04. The molecule has 2 rings (SSSR count). The second kappa shape index (κ2) is 5.00. The predicted octanol–water partition coefficient (Wildman–Crippen LogP) is 3.73. The molecule has 0 unspecified atom stereocenters. The summed E-state index contributed by atoms with van der Waals surface area (Å²) in [5.41, 5.74) is 8.10. The smallest absolute Gasteiger partial charge is 0.138 e. The standard InChI is InChI=1S/C12H12Cl2N4/c1-6-3-9(14)10(4-8(6)13)18-12-7(2)11(15)16-5-17-12/h3-5H,1-2H3,(H3,15,16,17,18). The van der Waals surface area contributed by atoms with E-state index in [0.29, 0.717) is 27.4 Å². The Kier molecular flexibility index (Phi) is 3.59. The van der Waals surface area contributed by atoms with E-state index < -0.39 is 0 Å². The molecule has 0 bridgehead atoms. The summed E-state index contributed by atoms with van der Waals surface area (Å²) in [6.07, 6.45) is 1.40. The van der Waals surface area contributed by atoms with Gasteiger partial charge in [0.05, 0.1) is 10.7 Å². The minimum absolute atomic E-state index is 0.432. The summed E-state index contributed by atoms with van der Waals surface area (Å²) < 4.78 is 0. The van der Waals surface area contributed by atoms with Gasteiger partial charge in [0.25, 0.3) is 0 Å². The van der Waals surface area contributed by atoms with E-state index in [1.54, 1.807) is 12.1 Å². The fourth-order valence-corrected chi connectivity index (χ4v) is 1.89. The summed E-state index contributed by atoms with van der Waals surface area (Å²) in [4.78, 5) is 8.03. The van der Waals surface area contributed by atoms with Crippen LogP contribution in [-0.2, 0) is 0 Å². The molecule has 1 aromatic carbocycles. The second-order valence-corrected chi connectivity index (χ2v) is 4.75. The molecule has 18 heavy (non-hydrogen) atoms. The SMILES string of the molecule is Cc1cc(Cl)c(Nc2ncnc(N)c2C)cc1Cl. The largest absolute Gasteiger partial charge is 0.383 e. The topological polar surface area (TPSA) is 63.8 Å². The maximum Gasteiger partial charge on any atom is 0.138 e. The molecule has 0 saturated heterocycles. The summed E-state index contributed by atoms with van der Waals surface area (Å²) in [6, 6.07) is 3.56. The highest BCUT2D eigenvalue weighted by Gasteiger charge is 2.09. The molecular weight excluding hydrogens is 271 g/mol. The third-order valence-corrected chi connectivity index (χ3v) is 3.34. The number of aromatic nitrogens is 2. The first-order chi connectivity index (χ1) is 8.49. The van der Waals surface area contributed by atoms with Gasteiger partial charge in [0.15, 0.2) is 0 Å². The molecule has 0 saturated carbocycles. The molecule has 0 fully saturated rings. The van der Waals surface area contributed by atoms with Crippen molar-refractivity contribution < 1.29 is 0 Å². The van der Waals surface area contributed by atoms with Crippen LogP contribution in [0.15, 0.2) is 18.5 Å². The number of benzene rings is 1. The van der Waals surface area contributed by atoms with Gasteiger partial charge in [-0.25, -0.2) is 9.97 Å². The van der Waals surface area contributed by atoms with E-state index in [9.17, 15) is 0 Å². The molecule has 0 aliphatic heterocycles. The van der Waals surface area contributed by atoms with Crippen molar-refractivity contribution in [2.24, 2.45) is 0 Å². The Bertz CT molecular complexity index is 599. The van der Waals surface area contributed by atoms with Crippen molar-refractivity contribution in [1.82, 2.24) is 9.97 Å². The van der Waals surface area contributed by atoms with Crippen molar-refractivity contribution in [2.75, 3.05) is 11.1 Å². The number of nitrogens with one attached hydrogen (secondary N) is 1. The lowest BCUT2D eigenvalue weighted by Gasteiger charge is -2.12. The van der Waals surface area contributed by atoms with Crippen LogP contribution in [0.3, 0.4) is 0 Å². The van der Waals surface area contributed by atoms with Crippen LogP contribution in [0.5, 0.6) is 0 Å². The van der Waals surface area contributed by atoms with E-state index in [1.807, 2.05) is 13.8 Å². The number of aryl methyl sites for hydroxylation is 1. The van der Waals surface area contributed by atoms with E-state index in [0.717, 1.165) is 11.1 Å². The summed E-state index contributed by atoms with van der Waals surface area (Å²) in [7, 11) is 0. The van der Waals surface area contributed by atoms with Crippen molar-refractivity contribution in [1.29, 1.82) is 0 Å². The molecule has 0 atom stereocenters. The Morgan fingerprint density at radius 1 is 1.11 bits per heavy atom. The number of rotatable bonds is 2. The lowest BCUT2D eigenvalue weighted by molar-refractivity contribution is 1.14. The van der Waals surface area contributed by atoms with Crippen molar-refractivity contribution in [2.45, 2.75) is 13.8 Å². The van der Waals surface area contributed by atoms with E-state index in [2.05, 4.69) is 15.3 Å². The Morgan fingerprint density at radius 2 is 1.83 bits per heavy atom. The number of hydrogen-bond donors (Lipinski definition) is 2. The Morgan fingerprint density at radius 3 is 2.56 bits per heavy atom. The van der Waals surface area contributed by atoms with Crippen molar-refractivity contribution in [3.05, 3.63) is 39.6 Å². The van der Waals surface area contributed by atoms with Crippen LogP contribution in [-0.4, -0.2) is 9.97 Å². The zero-order valence-electron chi connectivity index (χ0n) is 9.96. The molecule has 6 heteroatoms. The van der Waals surface area contributed by atoms with Gasteiger partial charge in [0.2, 0.25) is 0 Å². The lowest BCUT2D eigenvalue weighted by Crippen LogP contribution is -2.02. The minimum Gasteiger partial charge on any atom is -0.383 e. The maximum atomic E-state index is 6.15. The monoisotopic (exact) mass is 282 g/mol. The number of nitrogens with two attached hydrogens (primary N) is 1. The lowest BCUT2D eigenvalue weighted by atomic mass is 10.2. The zero-order valence-corrected chi connectivity index (χ0v) is 11.5. The molecular formula is C12H12Cl2N4. The number of halogens is 2. The molecule has 3 N–H and O–H groups in total. The predicted molar refractivity (Wildman–Crippen MR) is 75.7 cm³/mol. The van der Waals surface area contributed by atoms with Crippen LogP contribution >= 0.6 is 23.2 Å².